The highest BCUT2D eigenvalue weighted by atomic mass is 35.5. The Morgan fingerprint density at radius 1 is 1.07 bits per heavy atom. The molecule has 0 saturated carbocycles. The highest BCUT2D eigenvalue weighted by Gasteiger charge is 2.34. The first kappa shape index (κ1) is 19.1. The smallest absolute Gasteiger partial charge is 0.258 e. The molecule has 9 heteroatoms. The molecule has 148 valence electrons. The highest BCUT2D eigenvalue weighted by molar-refractivity contribution is 6.30. The van der Waals surface area contributed by atoms with Gasteiger partial charge in [-0.1, -0.05) is 22.8 Å². The number of pyridine rings is 1. The average molecular weight is 410 g/mol. The zero-order chi connectivity index (χ0) is 20.6. The quantitative estimate of drug-likeness (QED) is 0.493. The van der Waals surface area contributed by atoms with Crippen molar-refractivity contribution in [3.63, 3.8) is 0 Å². The van der Waals surface area contributed by atoms with Gasteiger partial charge in [-0.15, -0.1) is 10.2 Å². The molecule has 3 aromatic heterocycles. The van der Waals surface area contributed by atoms with Crippen molar-refractivity contribution >= 4 is 17.5 Å². The molecule has 0 spiro atoms. The van der Waals surface area contributed by atoms with Crippen LogP contribution in [0.2, 0.25) is 5.02 Å². The Morgan fingerprint density at radius 3 is 2.55 bits per heavy atom. The minimum Gasteiger partial charge on any atom is -0.334 e. The monoisotopic (exact) mass is 409 g/mol. The van der Waals surface area contributed by atoms with Crippen molar-refractivity contribution in [1.29, 1.82) is 0 Å². The summed E-state index contributed by atoms with van der Waals surface area (Å²) < 4.78 is 7.41. The third-order valence-electron chi connectivity index (χ3n) is 4.97. The van der Waals surface area contributed by atoms with Crippen LogP contribution in [0.3, 0.4) is 0 Å². The second kappa shape index (κ2) is 7.29. The van der Waals surface area contributed by atoms with E-state index in [1.807, 2.05) is 61.7 Å². The van der Waals surface area contributed by atoms with Crippen molar-refractivity contribution in [2.24, 2.45) is 7.05 Å². The number of hydrogen-bond donors (Lipinski definition) is 0. The third kappa shape index (κ3) is 3.47. The Labute approximate surface area is 173 Å². The van der Waals surface area contributed by atoms with Gasteiger partial charge in [-0.25, -0.2) is 0 Å². The van der Waals surface area contributed by atoms with E-state index in [0.29, 0.717) is 22.7 Å². The lowest BCUT2D eigenvalue weighted by atomic mass is 10.0. The Balaban J connectivity index is 1.65. The SMILES string of the molecule is CN(c1nnc(-c2ccncc2)n1C)C(C)(C)c1noc(-c2cccc(Cl)c2)n1. The van der Waals surface area contributed by atoms with E-state index in [1.54, 1.807) is 24.5 Å². The second-order valence-corrected chi connectivity index (χ2v) is 7.61. The first-order valence-corrected chi connectivity index (χ1v) is 9.39. The van der Waals surface area contributed by atoms with Crippen LogP contribution in [-0.2, 0) is 12.6 Å². The molecule has 29 heavy (non-hydrogen) atoms. The van der Waals surface area contributed by atoms with Crippen LogP contribution >= 0.6 is 11.6 Å². The van der Waals surface area contributed by atoms with E-state index in [-0.39, 0.29) is 0 Å². The molecule has 0 radical (unpaired) electrons. The average Bonchev–Trinajstić information content (AvgIpc) is 3.36. The number of rotatable bonds is 5. The molecule has 0 saturated heterocycles. The summed E-state index contributed by atoms with van der Waals surface area (Å²) in [5, 5.41) is 13.5. The van der Waals surface area contributed by atoms with Gasteiger partial charge in [0.2, 0.25) is 5.95 Å². The van der Waals surface area contributed by atoms with E-state index < -0.39 is 5.54 Å². The molecule has 3 heterocycles. The van der Waals surface area contributed by atoms with Crippen molar-refractivity contribution in [1.82, 2.24) is 29.9 Å². The molecule has 0 bridgehead atoms. The number of hydrogen-bond acceptors (Lipinski definition) is 7. The maximum atomic E-state index is 6.07. The van der Waals surface area contributed by atoms with Gasteiger partial charge in [0.25, 0.3) is 5.89 Å². The maximum absolute atomic E-state index is 6.07. The fourth-order valence-electron chi connectivity index (χ4n) is 2.98. The van der Waals surface area contributed by atoms with Crippen LogP contribution in [0.15, 0.2) is 53.3 Å². The van der Waals surface area contributed by atoms with Crippen molar-refractivity contribution in [2.45, 2.75) is 19.4 Å². The van der Waals surface area contributed by atoms with E-state index in [4.69, 9.17) is 16.1 Å². The summed E-state index contributed by atoms with van der Waals surface area (Å²) in [6.07, 6.45) is 3.46. The molecule has 8 nitrogen and oxygen atoms in total. The summed E-state index contributed by atoms with van der Waals surface area (Å²) in [5.74, 6) is 2.37. The molecule has 0 atom stereocenters. The largest absolute Gasteiger partial charge is 0.334 e. The van der Waals surface area contributed by atoms with Crippen molar-refractivity contribution in [3.05, 3.63) is 59.6 Å². The molecular weight excluding hydrogens is 390 g/mol. The van der Waals surface area contributed by atoms with Gasteiger partial charge in [-0.2, -0.15) is 4.98 Å². The molecular formula is C20H20ClN7O. The number of benzene rings is 1. The van der Waals surface area contributed by atoms with Crippen LogP contribution in [0, 0.1) is 0 Å². The van der Waals surface area contributed by atoms with Crippen LogP contribution in [0.4, 0.5) is 5.95 Å². The minimum absolute atomic E-state index is 0.416. The zero-order valence-electron chi connectivity index (χ0n) is 16.5. The number of halogens is 1. The lowest BCUT2D eigenvalue weighted by molar-refractivity contribution is 0.388. The van der Waals surface area contributed by atoms with Gasteiger partial charge in [0.05, 0.1) is 0 Å². The molecule has 1 aromatic carbocycles. The normalized spacial score (nSPS) is 11.6. The Hall–Kier alpha value is -3.26. The van der Waals surface area contributed by atoms with Gasteiger partial charge >= 0.3 is 0 Å². The van der Waals surface area contributed by atoms with Gasteiger partial charge in [-0.3, -0.25) is 9.55 Å². The molecule has 0 aliphatic rings. The van der Waals surface area contributed by atoms with Crippen LogP contribution in [-0.4, -0.2) is 36.9 Å². The summed E-state index contributed by atoms with van der Waals surface area (Å²) in [6, 6.07) is 11.1. The lowest BCUT2D eigenvalue weighted by Gasteiger charge is -2.33. The number of anilines is 1. The predicted molar refractivity (Wildman–Crippen MR) is 110 cm³/mol. The molecule has 0 N–H and O–H groups in total. The van der Waals surface area contributed by atoms with Crippen LogP contribution in [0.25, 0.3) is 22.8 Å². The third-order valence-corrected chi connectivity index (χ3v) is 5.21. The molecule has 0 aliphatic carbocycles. The molecule has 0 unspecified atom stereocenters. The van der Waals surface area contributed by atoms with Crippen molar-refractivity contribution < 1.29 is 4.52 Å². The first-order valence-electron chi connectivity index (χ1n) is 9.01. The summed E-state index contributed by atoms with van der Waals surface area (Å²) in [6.45, 7) is 4.00. The molecule has 0 aliphatic heterocycles. The summed E-state index contributed by atoms with van der Waals surface area (Å²) >= 11 is 6.07. The Morgan fingerprint density at radius 2 is 1.83 bits per heavy atom. The van der Waals surface area contributed by atoms with Crippen LogP contribution < -0.4 is 4.90 Å². The second-order valence-electron chi connectivity index (χ2n) is 7.17. The first-order chi connectivity index (χ1) is 13.9. The van der Waals surface area contributed by atoms with E-state index >= 15 is 0 Å². The Bertz CT molecular complexity index is 1140. The zero-order valence-corrected chi connectivity index (χ0v) is 17.3. The summed E-state index contributed by atoms with van der Waals surface area (Å²) in [7, 11) is 3.85. The van der Waals surface area contributed by atoms with Gasteiger partial charge in [0.15, 0.2) is 11.6 Å². The topological polar surface area (TPSA) is 85.8 Å². The van der Waals surface area contributed by atoms with Crippen molar-refractivity contribution in [2.75, 3.05) is 11.9 Å². The fraction of sp³-hybridized carbons (Fsp3) is 0.250. The summed E-state index contributed by atoms with van der Waals surface area (Å²) in [4.78, 5) is 10.6. The van der Waals surface area contributed by atoms with Gasteiger partial charge < -0.3 is 9.42 Å². The van der Waals surface area contributed by atoms with Crippen LogP contribution in [0.1, 0.15) is 19.7 Å². The van der Waals surface area contributed by atoms with E-state index in [2.05, 4.69) is 25.3 Å². The highest BCUT2D eigenvalue weighted by Crippen LogP contribution is 2.31. The lowest BCUT2D eigenvalue weighted by Crippen LogP contribution is -2.41. The minimum atomic E-state index is -0.601. The van der Waals surface area contributed by atoms with Gasteiger partial charge in [0, 0.05) is 42.6 Å². The number of nitrogens with zero attached hydrogens (tertiary/aromatic N) is 7. The van der Waals surface area contributed by atoms with Crippen molar-refractivity contribution in [3.8, 4) is 22.8 Å². The predicted octanol–water partition coefficient (Wildman–Crippen LogP) is 3.95. The van der Waals surface area contributed by atoms with Gasteiger partial charge in [0.1, 0.15) is 5.54 Å². The molecule has 0 amide bonds. The molecule has 0 fully saturated rings. The standard InChI is InChI=1S/C20H20ClN7O/c1-20(2,18-23-17(29-26-18)14-6-5-7-15(21)12-14)28(4)19-25-24-16(27(19)3)13-8-10-22-11-9-13/h5-12H,1-4H3. The van der Waals surface area contributed by atoms with Crippen LogP contribution in [0.5, 0.6) is 0 Å². The van der Waals surface area contributed by atoms with E-state index in [0.717, 1.165) is 17.0 Å². The fourth-order valence-corrected chi connectivity index (χ4v) is 3.17. The number of aromatic nitrogens is 6. The maximum Gasteiger partial charge on any atom is 0.258 e. The molecule has 4 rings (SSSR count). The van der Waals surface area contributed by atoms with Gasteiger partial charge in [-0.05, 0) is 44.2 Å². The van der Waals surface area contributed by atoms with E-state index in [9.17, 15) is 0 Å². The van der Waals surface area contributed by atoms with E-state index in [1.165, 1.54) is 0 Å². The summed E-state index contributed by atoms with van der Waals surface area (Å²) in [5.41, 5.74) is 1.11. The molecule has 4 aromatic rings. The Kier molecular flexibility index (Phi) is 4.79.